The molecule has 120 valence electrons. The van der Waals surface area contributed by atoms with Crippen LogP contribution in [0.5, 0.6) is 5.75 Å². The fraction of sp³-hybridized carbons (Fsp3) is 0.188. The highest BCUT2D eigenvalue weighted by Gasteiger charge is 2.07. The first-order chi connectivity index (χ1) is 11.1. The molecule has 1 heterocycles. The number of nitrogens with zero attached hydrogens (tertiary/aromatic N) is 1. The lowest BCUT2D eigenvalue weighted by Gasteiger charge is -2.07. The lowest BCUT2D eigenvalue weighted by molar-refractivity contribution is -0.119. The van der Waals surface area contributed by atoms with Crippen LogP contribution in [0.3, 0.4) is 0 Å². The van der Waals surface area contributed by atoms with E-state index in [2.05, 4.69) is 10.5 Å². The monoisotopic (exact) mass is 331 g/mol. The number of amides is 2. The number of carbonyl (C=O) groups is 2. The van der Waals surface area contributed by atoms with Crippen LogP contribution in [0.25, 0.3) is 0 Å². The maximum atomic E-state index is 11.9. The third-order valence-electron chi connectivity index (χ3n) is 2.94. The van der Waals surface area contributed by atoms with Gasteiger partial charge in [0.1, 0.15) is 5.75 Å². The second kappa shape index (κ2) is 8.09. The fourth-order valence-corrected chi connectivity index (χ4v) is 2.44. The number of thiophene rings is 1. The summed E-state index contributed by atoms with van der Waals surface area (Å²) in [4.78, 5) is 23.2. The van der Waals surface area contributed by atoms with Crippen LogP contribution in [0.15, 0.2) is 46.9 Å². The van der Waals surface area contributed by atoms with Crippen LogP contribution in [0.2, 0.25) is 0 Å². The van der Waals surface area contributed by atoms with Gasteiger partial charge in [-0.3, -0.25) is 9.59 Å². The topological polar surface area (TPSA) is 93.8 Å². The van der Waals surface area contributed by atoms with Crippen molar-refractivity contribution in [1.82, 2.24) is 5.43 Å². The molecular weight excluding hydrogens is 314 g/mol. The number of hydrazone groups is 1. The molecule has 0 fully saturated rings. The van der Waals surface area contributed by atoms with E-state index >= 15 is 0 Å². The summed E-state index contributed by atoms with van der Waals surface area (Å²) in [5.74, 6) is -0.209. The number of nitrogens with one attached hydrogen (secondary N) is 1. The zero-order chi connectivity index (χ0) is 16.7. The lowest BCUT2D eigenvalue weighted by Crippen LogP contribution is -2.20. The number of nitrogens with two attached hydrogens (primary N) is 1. The smallest absolute Gasteiger partial charge is 0.281 e. The highest BCUT2D eigenvalue weighted by molar-refractivity contribution is 7.12. The van der Waals surface area contributed by atoms with Crippen molar-refractivity contribution in [3.05, 3.63) is 52.2 Å². The molecule has 0 atom stereocenters. The summed E-state index contributed by atoms with van der Waals surface area (Å²) >= 11 is 1.36. The van der Waals surface area contributed by atoms with Gasteiger partial charge in [-0.1, -0.05) is 13.0 Å². The fourth-order valence-electron chi connectivity index (χ4n) is 1.83. The summed E-state index contributed by atoms with van der Waals surface area (Å²) in [7, 11) is 0. The van der Waals surface area contributed by atoms with E-state index in [4.69, 9.17) is 10.5 Å². The molecule has 1 aromatic carbocycles. The first-order valence-electron chi connectivity index (χ1n) is 7.02. The van der Waals surface area contributed by atoms with E-state index in [1.54, 1.807) is 18.2 Å². The van der Waals surface area contributed by atoms with Crippen molar-refractivity contribution in [3.8, 4) is 5.75 Å². The minimum Gasteiger partial charge on any atom is -0.484 e. The Labute approximate surface area is 138 Å². The average Bonchev–Trinajstić information content (AvgIpc) is 3.09. The Hall–Kier alpha value is -2.67. The third-order valence-corrected chi connectivity index (χ3v) is 3.81. The Balaban J connectivity index is 2.03. The number of benzene rings is 1. The highest BCUT2D eigenvalue weighted by atomic mass is 32.1. The number of primary amides is 1. The van der Waals surface area contributed by atoms with E-state index in [0.717, 1.165) is 11.3 Å². The number of hydrogen-bond donors (Lipinski definition) is 2. The normalized spacial score (nSPS) is 11.1. The summed E-state index contributed by atoms with van der Waals surface area (Å²) in [6.07, 6.45) is 0.659. The number of ether oxygens (including phenoxy) is 1. The molecule has 0 spiro atoms. The average molecular weight is 331 g/mol. The Morgan fingerprint density at radius 2 is 2.00 bits per heavy atom. The lowest BCUT2D eigenvalue weighted by atomic mass is 10.1. The standard InChI is InChI=1S/C16H17N3O3S/c1-2-13(18-19-16(21)14-4-3-9-23-14)11-5-7-12(8-6-11)22-10-15(17)20/h3-9H,2,10H2,1H3,(H2,17,20)(H,19,21)/b18-13+. The van der Waals surface area contributed by atoms with Gasteiger partial charge in [-0.15, -0.1) is 11.3 Å². The predicted octanol–water partition coefficient (Wildman–Crippen LogP) is 2.16. The van der Waals surface area contributed by atoms with Gasteiger partial charge in [0.05, 0.1) is 10.6 Å². The Morgan fingerprint density at radius 1 is 1.26 bits per heavy atom. The van der Waals surface area contributed by atoms with Crippen LogP contribution in [0.1, 0.15) is 28.6 Å². The third kappa shape index (κ3) is 4.93. The highest BCUT2D eigenvalue weighted by Crippen LogP contribution is 2.14. The molecule has 23 heavy (non-hydrogen) atoms. The molecule has 0 aliphatic heterocycles. The van der Waals surface area contributed by atoms with Crippen molar-refractivity contribution >= 4 is 28.9 Å². The minimum absolute atomic E-state index is 0.162. The molecule has 0 bridgehead atoms. The summed E-state index contributed by atoms with van der Waals surface area (Å²) < 4.78 is 5.20. The number of hydrogen-bond acceptors (Lipinski definition) is 5. The molecule has 3 N–H and O–H groups in total. The van der Waals surface area contributed by atoms with Gasteiger partial charge in [-0.2, -0.15) is 5.10 Å². The Bertz CT molecular complexity index is 694. The second-order valence-corrected chi connectivity index (χ2v) is 5.56. The van der Waals surface area contributed by atoms with Gasteiger partial charge < -0.3 is 10.5 Å². The quantitative estimate of drug-likeness (QED) is 0.601. The molecule has 0 unspecified atom stereocenters. The molecule has 0 aliphatic carbocycles. The summed E-state index contributed by atoms with van der Waals surface area (Å²) in [5, 5.41) is 6.02. The van der Waals surface area contributed by atoms with Crippen molar-refractivity contribution in [2.24, 2.45) is 10.8 Å². The summed E-state index contributed by atoms with van der Waals surface area (Å²) in [6.45, 7) is 1.79. The molecule has 0 radical (unpaired) electrons. The van der Waals surface area contributed by atoms with Crippen molar-refractivity contribution in [1.29, 1.82) is 0 Å². The van der Waals surface area contributed by atoms with Crippen molar-refractivity contribution < 1.29 is 14.3 Å². The first-order valence-corrected chi connectivity index (χ1v) is 7.90. The molecule has 7 heteroatoms. The molecule has 1 aromatic heterocycles. The molecular formula is C16H17N3O3S. The van der Waals surface area contributed by atoms with Gasteiger partial charge in [0.25, 0.3) is 11.8 Å². The van der Waals surface area contributed by atoms with Crippen molar-refractivity contribution in [2.75, 3.05) is 6.61 Å². The maximum Gasteiger partial charge on any atom is 0.281 e. The molecule has 2 rings (SSSR count). The van der Waals surface area contributed by atoms with Crippen LogP contribution in [0.4, 0.5) is 0 Å². The number of carbonyl (C=O) groups excluding carboxylic acids is 2. The van der Waals surface area contributed by atoms with E-state index < -0.39 is 5.91 Å². The molecule has 6 nitrogen and oxygen atoms in total. The van der Waals surface area contributed by atoms with Gasteiger partial charge >= 0.3 is 0 Å². The van der Waals surface area contributed by atoms with E-state index in [-0.39, 0.29) is 12.5 Å². The van der Waals surface area contributed by atoms with Crippen LogP contribution in [-0.2, 0) is 4.79 Å². The molecule has 0 saturated heterocycles. The summed E-state index contributed by atoms with van der Waals surface area (Å²) in [6, 6.07) is 10.6. The van der Waals surface area contributed by atoms with E-state index in [0.29, 0.717) is 17.0 Å². The largest absolute Gasteiger partial charge is 0.484 e. The van der Waals surface area contributed by atoms with Gasteiger partial charge in [0.2, 0.25) is 0 Å². The van der Waals surface area contributed by atoms with Gasteiger partial charge in [-0.25, -0.2) is 5.43 Å². The molecule has 2 aromatic rings. The van der Waals surface area contributed by atoms with E-state index in [9.17, 15) is 9.59 Å². The molecule has 2 amide bonds. The molecule has 0 aliphatic rings. The van der Waals surface area contributed by atoms with Crippen molar-refractivity contribution in [3.63, 3.8) is 0 Å². The van der Waals surface area contributed by atoms with Crippen LogP contribution >= 0.6 is 11.3 Å². The van der Waals surface area contributed by atoms with E-state index in [1.165, 1.54) is 11.3 Å². The summed E-state index contributed by atoms with van der Waals surface area (Å²) in [5.41, 5.74) is 9.19. The van der Waals surface area contributed by atoms with Crippen LogP contribution < -0.4 is 15.9 Å². The Morgan fingerprint density at radius 3 is 2.57 bits per heavy atom. The Kier molecular flexibility index (Phi) is 5.87. The van der Waals surface area contributed by atoms with Gasteiger partial charge in [0, 0.05) is 0 Å². The predicted molar refractivity (Wildman–Crippen MR) is 89.7 cm³/mol. The SMILES string of the molecule is CC/C(=N\NC(=O)c1cccs1)c1ccc(OCC(N)=O)cc1. The zero-order valence-electron chi connectivity index (χ0n) is 12.6. The van der Waals surface area contributed by atoms with Gasteiger partial charge in [-0.05, 0) is 47.7 Å². The van der Waals surface area contributed by atoms with Crippen LogP contribution in [0, 0.1) is 0 Å². The minimum atomic E-state index is -0.527. The second-order valence-electron chi connectivity index (χ2n) is 4.61. The van der Waals surface area contributed by atoms with Crippen LogP contribution in [-0.4, -0.2) is 24.1 Å². The van der Waals surface area contributed by atoms with Crippen molar-refractivity contribution in [2.45, 2.75) is 13.3 Å². The van der Waals surface area contributed by atoms with Gasteiger partial charge in [0.15, 0.2) is 6.61 Å². The molecule has 0 saturated carbocycles. The first kappa shape index (κ1) is 16.7. The number of rotatable bonds is 7. The maximum absolute atomic E-state index is 11.9. The zero-order valence-corrected chi connectivity index (χ0v) is 13.4. The van der Waals surface area contributed by atoms with E-state index in [1.807, 2.05) is 30.5 Å².